The van der Waals surface area contributed by atoms with Crippen LogP contribution in [-0.2, 0) is 4.84 Å². The molecule has 26 heavy (non-hydrogen) atoms. The van der Waals surface area contributed by atoms with Crippen LogP contribution in [0.1, 0.15) is 20.7 Å². The second-order valence-corrected chi connectivity index (χ2v) is 5.02. The van der Waals surface area contributed by atoms with Gasteiger partial charge >= 0.3 is 5.97 Å². The lowest BCUT2D eigenvalue weighted by molar-refractivity contribution is 0.0229. The molecule has 2 rings (SSSR count). The molecule has 0 saturated carbocycles. The summed E-state index contributed by atoms with van der Waals surface area (Å²) < 4.78 is 20.4. The van der Waals surface area contributed by atoms with Gasteiger partial charge in [-0.05, 0) is 24.3 Å². The van der Waals surface area contributed by atoms with Gasteiger partial charge in [0.05, 0.1) is 34.0 Å². The van der Waals surface area contributed by atoms with Gasteiger partial charge < -0.3 is 23.8 Å². The first-order valence-electron chi connectivity index (χ1n) is 7.48. The highest BCUT2D eigenvalue weighted by Gasteiger charge is 2.15. The fourth-order valence-corrected chi connectivity index (χ4v) is 2.07. The number of benzene rings is 2. The Morgan fingerprint density at radius 2 is 1.04 bits per heavy atom. The summed E-state index contributed by atoms with van der Waals surface area (Å²) in [5.74, 6) is 0.285. The van der Waals surface area contributed by atoms with Crippen molar-refractivity contribution in [2.75, 3.05) is 28.4 Å². The van der Waals surface area contributed by atoms with Gasteiger partial charge in [0.15, 0.2) is 0 Å². The number of nitrogens with one attached hydrogen (secondary N) is 1. The zero-order valence-corrected chi connectivity index (χ0v) is 14.8. The summed E-state index contributed by atoms with van der Waals surface area (Å²) >= 11 is 0. The second kappa shape index (κ2) is 8.61. The van der Waals surface area contributed by atoms with Crippen molar-refractivity contribution >= 4 is 11.9 Å². The van der Waals surface area contributed by atoms with E-state index >= 15 is 0 Å². The van der Waals surface area contributed by atoms with E-state index in [4.69, 9.17) is 23.8 Å². The van der Waals surface area contributed by atoms with Crippen LogP contribution in [0.4, 0.5) is 0 Å². The molecule has 8 heteroatoms. The van der Waals surface area contributed by atoms with E-state index < -0.39 is 11.9 Å². The number of hydrogen-bond acceptors (Lipinski definition) is 7. The second-order valence-electron chi connectivity index (χ2n) is 5.02. The highest BCUT2D eigenvalue weighted by Crippen LogP contribution is 2.24. The molecule has 0 spiro atoms. The molecular weight excluding hydrogens is 342 g/mol. The van der Waals surface area contributed by atoms with Crippen molar-refractivity contribution in [3.05, 3.63) is 47.5 Å². The van der Waals surface area contributed by atoms with Crippen LogP contribution in [-0.4, -0.2) is 40.3 Å². The third kappa shape index (κ3) is 4.56. The molecular formula is C18H19NO7. The summed E-state index contributed by atoms with van der Waals surface area (Å²) in [5.41, 5.74) is 2.46. The van der Waals surface area contributed by atoms with Gasteiger partial charge in [-0.25, -0.2) is 4.79 Å². The third-order valence-electron chi connectivity index (χ3n) is 3.44. The standard InChI is InChI=1S/C18H19NO7/c1-22-13-5-11(6-14(9-13)23-2)17(20)19-26-18(21)12-7-15(24-3)10-16(8-12)25-4/h5-10H,1-4H3,(H,19,20). The lowest BCUT2D eigenvalue weighted by atomic mass is 10.2. The summed E-state index contributed by atoms with van der Waals surface area (Å²) in [7, 11) is 5.85. The number of amides is 1. The number of ether oxygens (including phenoxy) is 4. The Hall–Kier alpha value is -3.42. The van der Waals surface area contributed by atoms with Gasteiger partial charge in [0, 0.05) is 17.7 Å². The molecule has 0 aliphatic carbocycles. The van der Waals surface area contributed by atoms with Crippen molar-refractivity contribution in [3.8, 4) is 23.0 Å². The van der Waals surface area contributed by atoms with E-state index in [2.05, 4.69) is 5.48 Å². The Morgan fingerprint density at radius 1 is 0.654 bits per heavy atom. The van der Waals surface area contributed by atoms with E-state index in [-0.39, 0.29) is 11.1 Å². The Bertz CT molecular complexity index is 692. The van der Waals surface area contributed by atoms with Crippen LogP contribution in [0.15, 0.2) is 36.4 Å². The molecule has 0 fully saturated rings. The SMILES string of the molecule is COc1cc(OC)cc(C(=O)NOC(=O)c2cc(OC)cc(OC)c2)c1. The van der Waals surface area contributed by atoms with E-state index in [0.717, 1.165) is 0 Å². The molecule has 0 radical (unpaired) electrons. The minimum Gasteiger partial charge on any atom is -0.497 e. The highest BCUT2D eigenvalue weighted by atomic mass is 16.7. The van der Waals surface area contributed by atoms with E-state index in [1.54, 1.807) is 12.1 Å². The van der Waals surface area contributed by atoms with Gasteiger partial charge in [0.2, 0.25) is 0 Å². The first-order chi connectivity index (χ1) is 12.5. The normalized spacial score (nSPS) is 9.85. The van der Waals surface area contributed by atoms with Crippen molar-refractivity contribution in [1.82, 2.24) is 5.48 Å². The van der Waals surface area contributed by atoms with Gasteiger partial charge in [-0.2, -0.15) is 5.48 Å². The van der Waals surface area contributed by atoms with Crippen LogP contribution in [0.2, 0.25) is 0 Å². The molecule has 2 aromatic carbocycles. The van der Waals surface area contributed by atoms with E-state index in [0.29, 0.717) is 23.0 Å². The number of carbonyl (C=O) groups excluding carboxylic acids is 2. The molecule has 0 bridgehead atoms. The van der Waals surface area contributed by atoms with Gasteiger partial charge in [-0.1, -0.05) is 0 Å². The molecule has 0 saturated heterocycles. The molecule has 1 amide bonds. The molecule has 0 aromatic heterocycles. The van der Waals surface area contributed by atoms with Gasteiger partial charge in [-0.15, -0.1) is 0 Å². The van der Waals surface area contributed by atoms with Crippen molar-refractivity contribution in [3.63, 3.8) is 0 Å². The number of hydroxylamine groups is 1. The Labute approximate surface area is 150 Å². The quantitative estimate of drug-likeness (QED) is 0.789. The maximum atomic E-state index is 12.2. The summed E-state index contributed by atoms with van der Waals surface area (Å²) in [6.07, 6.45) is 0. The summed E-state index contributed by atoms with van der Waals surface area (Å²) in [5, 5.41) is 0. The van der Waals surface area contributed by atoms with Crippen molar-refractivity contribution in [2.45, 2.75) is 0 Å². The summed E-state index contributed by atoms with van der Waals surface area (Å²) in [4.78, 5) is 29.2. The van der Waals surface area contributed by atoms with Crippen molar-refractivity contribution in [1.29, 1.82) is 0 Å². The predicted molar refractivity (Wildman–Crippen MR) is 92.0 cm³/mol. The van der Waals surface area contributed by atoms with Crippen molar-refractivity contribution in [2.24, 2.45) is 0 Å². The van der Waals surface area contributed by atoms with E-state index in [1.807, 2.05) is 0 Å². The average molecular weight is 361 g/mol. The molecule has 0 aliphatic rings. The van der Waals surface area contributed by atoms with Crippen LogP contribution in [0.25, 0.3) is 0 Å². The third-order valence-corrected chi connectivity index (χ3v) is 3.44. The molecule has 0 atom stereocenters. The Morgan fingerprint density at radius 3 is 1.42 bits per heavy atom. The lowest BCUT2D eigenvalue weighted by Gasteiger charge is -2.10. The first kappa shape index (κ1) is 18.9. The largest absolute Gasteiger partial charge is 0.497 e. The van der Waals surface area contributed by atoms with E-state index in [9.17, 15) is 9.59 Å². The minimum absolute atomic E-state index is 0.157. The van der Waals surface area contributed by atoms with Crippen LogP contribution in [0.3, 0.4) is 0 Å². The van der Waals surface area contributed by atoms with Crippen molar-refractivity contribution < 1.29 is 33.4 Å². The minimum atomic E-state index is -0.773. The Kier molecular flexibility index (Phi) is 6.26. The predicted octanol–water partition coefficient (Wildman–Crippen LogP) is 2.22. The lowest BCUT2D eigenvalue weighted by Crippen LogP contribution is -2.27. The fraction of sp³-hybridized carbons (Fsp3) is 0.222. The molecule has 8 nitrogen and oxygen atoms in total. The van der Waals surface area contributed by atoms with Crippen LogP contribution in [0, 0.1) is 0 Å². The zero-order chi connectivity index (χ0) is 19.1. The molecule has 0 aliphatic heterocycles. The number of carbonyl (C=O) groups is 2. The highest BCUT2D eigenvalue weighted by molar-refractivity contribution is 5.96. The van der Waals surface area contributed by atoms with Crippen LogP contribution in [0.5, 0.6) is 23.0 Å². The van der Waals surface area contributed by atoms with E-state index in [1.165, 1.54) is 52.7 Å². The fourth-order valence-electron chi connectivity index (χ4n) is 2.07. The summed E-state index contributed by atoms with van der Waals surface area (Å²) in [6, 6.07) is 9.13. The first-order valence-corrected chi connectivity index (χ1v) is 7.48. The zero-order valence-electron chi connectivity index (χ0n) is 14.8. The Balaban J connectivity index is 2.11. The van der Waals surface area contributed by atoms with Crippen LogP contribution >= 0.6 is 0 Å². The van der Waals surface area contributed by atoms with Gasteiger partial charge in [-0.3, -0.25) is 4.79 Å². The van der Waals surface area contributed by atoms with Gasteiger partial charge in [0.1, 0.15) is 23.0 Å². The molecule has 2 aromatic rings. The van der Waals surface area contributed by atoms with Gasteiger partial charge in [0.25, 0.3) is 5.91 Å². The maximum absolute atomic E-state index is 12.2. The topological polar surface area (TPSA) is 92.3 Å². The molecule has 138 valence electrons. The number of methoxy groups -OCH3 is 4. The molecule has 0 unspecified atom stereocenters. The average Bonchev–Trinajstić information content (AvgIpc) is 2.70. The maximum Gasteiger partial charge on any atom is 0.363 e. The number of rotatable bonds is 6. The molecule has 1 N–H and O–H groups in total. The summed E-state index contributed by atoms with van der Waals surface area (Å²) in [6.45, 7) is 0. The number of hydrogen-bond donors (Lipinski definition) is 1. The smallest absolute Gasteiger partial charge is 0.363 e. The monoisotopic (exact) mass is 361 g/mol. The molecule has 0 heterocycles. The van der Waals surface area contributed by atoms with Crippen LogP contribution < -0.4 is 24.4 Å².